The number of benzene rings is 2. The molecule has 2 aliphatic rings. The summed E-state index contributed by atoms with van der Waals surface area (Å²) in [4.78, 5) is 31.2. The Balaban J connectivity index is 1.70. The van der Waals surface area contributed by atoms with Crippen LogP contribution < -0.4 is 0 Å². The van der Waals surface area contributed by atoms with E-state index in [-0.39, 0.29) is 23.1 Å². The first-order valence-electron chi connectivity index (χ1n) is 10.7. The number of aromatic hydroxyl groups is 1. The van der Waals surface area contributed by atoms with E-state index < -0.39 is 17.7 Å². The number of nitrogens with one attached hydrogen (secondary N) is 1. The van der Waals surface area contributed by atoms with E-state index in [4.69, 9.17) is 0 Å². The van der Waals surface area contributed by atoms with Gasteiger partial charge >= 0.3 is 0 Å². The zero-order valence-corrected chi connectivity index (χ0v) is 17.0. The van der Waals surface area contributed by atoms with Crippen molar-refractivity contribution in [2.75, 3.05) is 0 Å². The number of Topliss-reactive ketones (excluding diaryl/α,β-unsaturated/α-hetero) is 1. The third-order valence-corrected chi connectivity index (χ3v) is 6.50. The first-order chi connectivity index (χ1) is 15.1. The Kier molecular flexibility index (Phi) is 4.77. The van der Waals surface area contributed by atoms with Crippen LogP contribution >= 0.6 is 0 Å². The van der Waals surface area contributed by atoms with Crippen LogP contribution in [0.2, 0.25) is 0 Å². The van der Waals surface area contributed by atoms with E-state index in [1.807, 2.05) is 24.3 Å². The number of carbonyl (C=O) groups is 2. The average Bonchev–Trinajstić information content (AvgIpc) is 3.34. The highest BCUT2D eigenvalue weighted by atomic mass is 16.3. The van der Waals surface area contributed by atoms with Crippen molar-refractivity contribution in [2.45, 2.75) is 44.2 Å². The summed E-state index contributed by atoms with van der Waals surface area (Å²) in [6, 6.07) is 13.3. The number of aliphatic hydroxyl groups is 1. The molecule has 1 aliphatic carbocycles. The van der Waals surface area contributed by atoms with E-state index in [1.165, 1.54) is 0 Å². The van der Waals surface area contributed by atoms with E-state index in [9.17, 15) is 19.8 Å². The van der Waals surface area contributed by atoms with Crippen molar-refractivity contribution >= 4 is 28.4 Å². The number of phenolic OH excluding ortho intramolecular Hbond substituents is 1. The summed E-state index contributed by atoms with van der Waals surface area (Å²) >= 11 is 0. The summed E-state index contributed by atoms with van der Waals surface area (Å²) in [5, 5.41) is 21.8. The summed E-state index contributed by atoms with van der Waals surface area (Å²) in [5.74, 6) is -1.29. The minimum absolute atomic E-state index is 0.0442. The van der Waals surface area contributed by atoms with E-state index in [0.717, 1.165) is 43.0 Å². The second kappa shape index (κ2) is 7.61. The number of ketones is 1. The molecule has 6 nitrogen and oxygen atoms in total. The van der Waals surface area contributed by atoms with Crippen LogP contribution in [-0.2, 0) is 9.59 Å². The second-order valence-corrected chi connectivity index (χ2v) is 8.34. The number of aromatic nitrogens is 1. The molecule has 5 rings (SSSR count). The molecular formula is C25H24N2O4. The Labute approximate surface area is 179 Å². The molecule has 0 radical (unpaired) electrons. The normalized spacial score (nSPS) is 21.8. The smallest absolute Gasteiger partial charge is 0.295 e. The minimum atomic E-state index is -0.683. The predicted octanol–water partition coefficient (Wildman–Crippen LogP) is 4.63. The van der Waals surface area contributed by atoms with Crippen molar-refractivity contribution in [1.29, 1.82) is 0 Å². The lowest BCUT2D eigenvalue weighted by atomic mass is 9.91. The predicted molar refractivity (Wildman–Crippen MR) is 117 cm³/mol. The summed E-state index contributed by atoms with van der Waals surface area (Å²) in [6.45, 7) is 0. The molecule has 2 heterocycles. The SMILES string of the molecule is O=C1C(=O)N(C2CCCCC2)C(c2ccc(O)cc2)/C1=C(/O)c1c[nH]c2ccccc12. The van der Waals surface area contributed by atoms with Crippen molar-refractivity contribution in [1.82, 2.24) is 9.88 Å². The van der Waals surface area contributed by atoms with Crippen molar-refractivity contribution in [3.63, 3.8) is 0 Å². The van der Waals surface area contributed by atoms with Crippen LogP contribution in [0.1, 0.15) is 49.3 Å². The Morgan fingerprint density at radius 3 is 2.42 bits per heavy atom. The fraction of sp³-hybridized carbons (Fsp3) is 0.280. The topological polar surface area (TPSA) is 93.6 Å². The number of amides is 1. The van der Waals surface area contributed by atoms with Crippen molar-refractivity contribution in [2.24, 2.45) is 0 Å². The lowest BCUT2D eigenvalue weighted by Crippen LogP contribution is -2.40. The van der Waals surface area contributed by atoms with Gasteiger partial charge in [-0.3, -0.25) is 9.59 Å². The molecule has 1 atom stereocenters. The number of nitrogens with zero attached hydrogens (tertiary/aromatic N) is 1. The van der Waals surface area contributed by atoms with Gasteiger partial charge in [-0.05, 0) is 36.6 Å². The Morgan fingerprint density at radius 2 is 1.68 bits per heavy atom. The molecule has 2 aromatic carbocycles. The van der Waals surface area contributed by atoms with Crippen LogP contribution in [0.15, 0.2) is 60.3 Å². The molecule has 6 heteroatoms. The number of carbonyl (C=O) groups excluding carboxylic acids is 2. The quantitative estimate of drug-likeness (QED) is 0.330. The molecule has 0 bridgehead atoms. The third kappa shape index (κ3) is 3.19. The molecule has 1 aliphatic heterocycles. The molecular weight excluding hydrogens is 392 g/mol. The van der Waals surface area contributed by atoms with Crippen molar-refractivity contribution in [3.05, 3.63) is 71.4 Å². The molecule has 158 valence electrons. The minimum Gasteiger partial charge on any atom is -0.508 e. The molecule has 1 saturated heterocycles. The highest BCUT2D eigenvalue weighted by Crippen LogP contribution is 2.43. The first kappa shape index (κ1) is 19.4. The van der Waals surface area contributed by atoms with Gasteiger partial charge in [0.1, 0.15) is 11.5 Å². The number of likely N-dealkylation sites (tertiary alicyclic amines) is 1. The summed E-state index contributed by atoms with van der Waals surface area (Å²) in [7, 11) is 0. The number of aliphatic hydroxyl groups excluding tert-OH is 1. The van der Waals surface area contributed by atoms with Gasteiger partial charge in [0.25, 0.3) is 11.7 Å². The van der Waals surface area contributed by atoms with Crippen LogP contribution in [-0.4, -0.2) is 37.8 Å². The Morgan fingerprint density at radius 1 is 0.968 bits per heavy atom. The van der Waals surface area contributed by atoms with E-state index in [1.54, 1.807) is 35.4 Å². The van der Waals surface area contributed by atoms with Crippen LogP contribution in [0.3, 0.4) is 0 Å². The first-order valence-corrected chi connectivity index (χ1v) is 10.7. The van der Waals surface area contributed by atoms with Gasteiger partial charge < -0.3 is 20.1 Å². The molecule has 1 saturated carbocycles. The van der Waals surface area contributed by atoms with Crippen molar-refractivity contribution in [3.8, 4) is 5.75 Å². The zero-order valence-electron chi connectivity index (χ0n) is 17.0. The molecule has 2 fully saturated rings. The zero-order chi connectivity index (χ0) is 21.5. The maximum Gasteiger partial charge on any atom is 0.295 e. The molecule has 1 unspecified atom stereocenters. The summed E-state index contributed by atoms with van der Waals surface area (Å²) in [6.07, 6.45) is 6.50. The summed E-state index contributed by atoms with van der Waals surface area (Å²) in [5.41, 5.74) is 2.14. The van der Waals surface area contributed by atoms with E-state index in [0.29, 0.717) is 11.1 Å². The highest BCUT2D eigenvalue weighted by molar-refractivity contribution is 6.46. The lowest BCUT2D eigenvalue weighted by Gasteiger charge is -2.35. The molecule has 3 aromatic rings. The second-order valence-electron chi connectivity index (χ2n) is 8.34. The highest BCUT2D eigenvalue weighted by Gasteiger charge is 2.49. The number of fused-ring (bicyclic) bond motifs is 1. The monoisotopic (exact) mass is 416 g/mol. The molecule has 0 spiro atoms. The van der Waals surface area contributed by atoms with Gasteiger partial charge in [0.2, 0.25) is 0 Å². The fourth-order valence-corrected chi connectivity index (χ4v) is 4.98. The number of rotatable bonds is 3. The number of H-pyrrole nitrogens is 1. The number of hydrogen-bond donors (Lipinski definition) is 3. The number of phenols is 1. The van der Waals surface area contributed by atoms with Crippen LogP contribution in [0.4, 0.5) is 0 Å². The van der Waals surface area contributed by atoms with Crippen molar-refractivity contribution < 1.29 is 19.8 Å². The van der Waals surface area contributed by atoms with Gasteiger partial charge in [0, 0.05) is 28.7 Å². The number of para-hydroxylation sites is 1. The standard InChI is InChI=1S/C25H24N2O4/c28-17-12-10-15(11-13-17)22-21(23(29)19-14-26-20-9-5-4-8-18(19)20)24(30)25(31)27(22)16-6-2-1-3-7-16/h4-5,8-14,16,22,26,28-29H,1-3,6-7H2/b23-21-. The van der Waals surface area contributed by atoms with Crippen LogP contribution in [0.5, 0.6) is 5.75 Å². The summed E-state index contributed by atoms with van der Waals surface area (Å²) < 4.78 is 0. The maximum atomic E-state index is 13.2. The van der Waals surface area contributed by atoms with Gasteiger partial charge in [0.05, 0.1) is 11.6 Å². The van der Waals surface area contributed by atoms with Crippen LogP contribution in [0, 0.1) is 0 Å². The molecule has 1 amide bonds. The number of aromatic amines is 1. The average molecular weight is 416 g/mol. The third-order valence-electron chi connectivity index (χ3n) is 6.50. The lowest BCUT2D eigenvalue weighted by molar-refractivity contribution is -0.141. The molecule has 3 N–H and O–H groups in total. The Hall–Kier alpha value is -3.54. The van der Waals surface area contributed by atoms with Gasteiger partial charge in [-0.1, -0.05) is 49.6 Å². The largest absolute Gasteiger partial charge is 0.508 e. The van der Waals surface area contributed by atoms with Crippen LogP contribution in [0.25, 0.3) is 16.7 Å². The van der Waals surface area contributed by atoms with Gasteiger partial charge in [-0.15, -0.1) is 0 Å². The Bertz CT molecular complexity index is 1190. The maximum absolute atomic E-state index is 13.2. The van der Waals surface area contributed by atoms with E-state index in [2.05, 4.69) is 4.98 Å². The molecule has 31 heavy (non-hydrogen) atoms. The van der Waals surface area contributed by atoms with Gasteiger partial charge in [-0.25, -0.2) is 0 Å². The fourth-order valence-electron chi connectivity index (χ4n) is 4.98. The molecule has 1 aromatic heterocycles. The van der Waals surface area contributed by atoms with Gasteiger partial charge in [-0.2, -0.15) is 0 Å². The number of hydrogen-bond acceptors (Lipinski definition) is 4. The van der Waals surface area contributed by atoms with E-state index >= 15 is 0 Å². The van der Waals surface area contributed by atoms with Gasteiger partial charge in [0.15, 0.2) is 0 Å².